The lowest BCUT2D eigenvalue weighted by molar-refractivity contribution is -0.119. The van der Waals surface area contributed by atoms with E-state index in [0.717, 1.165) is 17.1 Å². The van der Waals surface area contributed by atoms with Gasteiger partial charge in [0.25, 0.3) is 5.22 Å². The second-order valence-corrected chi connectivity index (χ2v) is 8.21. The molecule has 130 valence electrons. The van der Waals surface area contributed by atoms with Gasteiger partial charge in [-0.1, -0.05) is 31.5 Å². The molecular weight excluding hydrogens is 344 g/mol. The fourth-order valence-corrected chi connectivity index (χ4v) is 4.12. The third-order valence-electron chi connectivity index (χ3n) is 4.23. The zero-order valence-electron chi connectivity index (χ0n) is 13.9. The average Bonchev–Trinajstić information content (AvgIpc) is 3.17. The first kappa shape index (κ1) is 17.4. The second-order valence-electron chi connectivity index (χ2n) is 6.22. The maximum Gasteiger partial charge on any atom is 0.277 e. The first-order chi connectivity index (χ1) is 11.6. The molecule has 0 spiro atoms. The number of nitrogens with one attached hydrogen (secondary N) is 1. The van der Waals surface area contributed by atoms with Crippen molar-refractivity contribution in [2.45, 2.75) is 57.2 Å². The number of carbonyl (C=O) groups excluding carboxylic acids is 1. The van der Waals surface area contributed by atoms with Gasteiger partial charge in [-0.05, 0) is 25.7 Å². The van der Waals surface area contributed by atoms with E-state index in [2.05, 4.69) is 27.4 Å². The summed E-state index contributed by atoms with van der Waals surface area (Å²) < 4.78 is 5.58. The van der Waals surface area contributed by atoms with Crippen molar-refractivity contribution in [1.29, 1.82) is 0 Å². The molecule has 1 aliphatic rings. The molecule has 2 aromatic heterocycles. The van der Waals surface area contributed by atoms with Crippen LogP contribution >= 0.6 is 23.1 Å². The van der Waals surface area contributed by atoms with E-state index >= 15 is 0 Å². The predicted octanol–water partition coefficient (Wildman–Crippen LogP) is 3.21. The van der Waals surface area contributed by atoms with Crippen LogP contribution < -0.4 is 5.32 Å². The quantitative estimate of drug-likeness (QED) is 0.791. The number of thioether (sulfide) groups is 1. The molecule has 1 fully saturated rings. The molecule has 0 aliphatic heterocycles. The zero-order valence-corrected chi connectivity index (χ0v) is 15.6. The summed E-state index contributed by atoms with van der Waals surface area (Å²) in [5, 5.41) is 14.6. The third-order valence-corrected chi connectivity index (χ3v) is 5.87. The van der Waals surface area contributed by atoms with Gasteiger partial charge in [-0.3, -0.25) is 4.79 Å². The van der Waals surface area contributed by atoms with Crippen LogP contribution in [-0.4, -0.2) is 32.9 Å². The number of rotatable bonds is 6. The van der Waals surface area contributed by atoms with Gasteiger partial charge in [0.15, 0.2) is 0 Å². The highest BCUT2D eigenvalue weighted by Crippen LogP contribution is 2.24. The molecule has 1 saturated carbocycles. The van der Waals surface area contributed by atoms with Crippen LogP contribution in [0.4, 0.5) is 0 Å². The molecule has 1 N–H and O–H groups in total. The maximum atomic E-state index is 12.1. The Balaban J connectivity index is 1.45. The first-order valence-corrected chi connectivity index (χ1v) is 10.1. The summed E-state index contributed by atoms with van der Waals surface area (Å²) in [5.41, 5.74) is 0.932. The number of aromatic nitrogens is 3. The Morgan fingerprint density at radius 3 is 3.00 bits per heavy atom. The third kappa shape index (κ3) is 4.80. The summed E-state index contributed by atoms with van der Waals surface area (Å²) in [6, 6.07) is 0.304. The Hall–Kier alpha value is -1.41. The summed E-state index contributed by atoms with van der Waals surface area (Å²) in [6.45, 7) is 4.18. The predicted molar refractivity (Wildman–Crippen MR) is 94.2 cm³/mol. The van der Waals surface area contributed by atoms with Crippen molar-refractivity contribution in [3.63, 3.8) is 0 Å². The fourth-order valence-electron chi connectivity index (χ4n) is 2.92. The minimum absolute atomic E-state index is 0.0358. The van der Waals surface area contributed by atoms with Crippen molar-refractivity contribution < 1.29 is 9.21 Å². The molecule has 24 heavy (non-hydrogen) atoms. The number of amides is 1. The molecule has 8 heteroatoms. The van der Waals surface area contributed by atoms with E-state index in [1.165, 1.54) is 31.0 Å². The molecule has 0 saturated heterocycles. The summed E-state index contributed by atoms with van der Waals surface area (Å²) in [4.78, 5) is 16.5. The average molecular weight is 367 g/mol. The molecule has 3 rings (SSSR count). The Labute approximate surface area is 149 Å². The summed E-state index contributed by atoms with van der Waals surface area (Å²) in [5.74, 6) is 1.43. The smallest absolute Gasteiger partial charge is 0.277 e. The summed E-state index contributed by atoms with van der Waals surface area (Å²) >= 11 is 2.89. The van der Waals surface area contributed by atoms with Crippen LogP contribution in [0.3, 0.4) is 0 Å². The number of hydrogen-bond donors (Lipinski definition) is 1. The Morgan fingerprint density at radius 1 is 1.42 bits per heavy atom. The van der Waals surface area contributed by atoms with Crippen molar-refractivity contribution in [3.8, 4) is 0 Å². The lowest BCUT2D eigenvalue weighted by Crippen LogP contribution is -2.41. The van der Waals surface area contributed by atoms with Crippen molar-refractivity contribution in [2.24, 2.45) is 5.92 Å². The van der Waals surface area contributed by atoms with Crippen LogP contribution in [0.1, 0.15) is 49.2 Å². The van der Waals surface area contributed by atoms with Gasteiger partial charge in [0.2, 0.25) is 11.8 Å². The molecule has 2 heterocycles. The number of hydrogen-bond acceptors (Lipinski definition) is 7. The van der Waals surface area contributed by atoms with Crippen molar-refractivity contribution in [3.05, 3.63) is 22.0 Å². The van der Waals surface area contributed by atoms with Gasteiger partial charge in [-0.2, -0.15) is 0 Å². The number of thiazole rings is 1. The maximum absolute atomic E-state index is 12.1. The van der Waals surface area contributed by atoms with Gasteiger partial charge in [-0.15, -0.1) is 21.5 Å². The SMILES string of the molecule is Cc1nc(Cc2nnc(SCC(=O)N[C@H]3CCCC[C@@H]3C)o2)cs1. The van der Waals surface area contributed by atoms with E-state index < -0.39 is 0 Å². The van der Waals surface area contributed by atoms with Gasteiger partial charge < -0.3 is 9.73 Å². The molecule has 2 aromatic rings. The standard InChI is InChI=1S/C16H22N4O2S2/c1-10-5-3-4-6-13(10)18-14(21)9-24-16-20-19-15(22-16)7-12-8-23-11(2)17-12/h8,10,13H,3-7,9H2,1-2H3,(H,18,21)/t10-,13-/m0/s1. The van der Waals surface area contributed by atoms with Crippen molar-refractivity contribution in [1.82, 2.24) is 20.5 Å². The normalized spacial score (nSPS) is 20.9. The highest BCUT2D eigenvalue weighted by atomic mass is 32.2. The van der Waals surface area contributed by atoms with E-state index in [9.17, 15) is 4.79 Å². The van der Waals surface area contributed by atoms with E-state index in [-0.39, 0.29) is 5.91 Å². The lowest BCUT2D eigenvalue weighted by Gasteiger charge is -2.29. The zero-order chi connectivity index (χ0) is 16.9. The Morgan fingerprint density at radius 2 is 2.25 bits per heavy atom. The van der Waals surface area contributed by atoms with Crippen LogP contribution in [0.15, 0.2) is 15.0 Å². The fraction of sp³-hybridized carbons (Fsp3) is 0.625. The van der Waals surface area contributed by atoms with Crippen LogP contribution in [-0.2, 0) is 11.2 Å². The van der Waals surface area contributed by atoms with E-state index in [1.807, 2.05) is 12.3 Å². The van der Waals surface area contributed by atoms with Gasteiger partial charge in [0.05, 0.1) is 22.9 Å². The van der Waals surface area contributed by atoms with Crippen molar-refractivity contribution in [2.75, 3.05) is 5.75 Å². The van der Waals surface area contributed by atoms with Crippen LogP contribution in [0.5, 0.6) is 0 Å². The molecular formula is C16H22N4O2S2. The number of carbonyl (C=O) groups is 1. The highest BCUT2D eigenvalue weighted by molar-refractivity contribution is 7.99. The molecule has 0 aromatic carbocycles. The lowest BCUT2D eigenvalue weighted by atomic mass is 9.86. The summed E-state index contributed by atoms with van der Waals surface area (Å²) in [7, 11) is 0. The van der Waals surface area contributed by atoms with Gasteiger partial charge in [0.1, 0.15) is 0 Å². The Bertz CT molecular complexity index is 685. The molecule has 0 radical (unpaired) electrons. The highest BCUT2D eigenvalue weighted by Gasteiger charge is 2.23. The monoisotopic (exact) mass is 366 g/mol. The van der Waals surface area contributed by atoms with E-state index in [1.54, 1.807) is 11.3 Å². The molecule has 0 unspecified atom stereocenters. The molecule has 1 amide bonds. The van der Waals surface area contributed by atoms with Gasteiger partial charge >= 0.3 is 0 Å². The van der Waals surface area contributed by atoms with Crippen LogP contribution in [0, 0.1) is 12.8 Å². The van der Waals surface area contributed by atoms with E-state index in [4.69, 9.17) is 4.42 Å². The van der Waals surface area contributed by atoms with Gasteiger partial charge in [-0.25, -0.2) is 4.98 Å². The second kappa shape index (κ2) is 8.11. The van der Waals surface area contributed by atoms with E-state index in [0.29, 0.717) is 35.2 Å². The van der Waals surface area contributed by atoms with Crippen molar-refractivity contribution >= 4 is 29.0 Å². The summed E-state index contributed by atoms with van der Waals surface area (Å²) in [6.07, 6.45) is 5.28. The minimum Gasteiger partial charge on any atom is -0.416 e. The largest absolute Gasteiger partial charge is 0.416 e. The molecule has 1 aliphatic carbocycles. The Kier molecular flexibility index (Phi) is 5.89. The topological polar surface area (TPSA) is 80.9 Å². The van der Waals surface area contributed by atoms with Crippen LogP contribution in [0.25, 0.3) is 0 Å². The molecule has 0 bridgehead atoms. The first-order valence-electron chi connectivity index (χ1n) is 8.25. The molecule has 6 nitrogen and oxygen atoms in total. The van der Waals surface area contributed by atoms with Crippen LogP contribution in [0.2, 0.25) is 0 Å². The number of aryl methyl sites for hydroxylation is 1. The van der Waals surface area contributed by atoms with Gasteiger partial charge in [0, 0.05) is 11.4 Å². The minimum atomic E-state index is 0.0358. The molecule has 2 atom stereocenters. The number of nitrogens with zero attached hydrogens (tertiary/aromatic N) is 3.